The van der Waals surface area contributed by atoms with Crippen molar-refractivity contribution in [2.75, 3.05) is 20.7 Å². The summed E-state index contributed by atoms with van der Waals surface area (Å²) < 4.78 is 5.14. The van der Waals surface area contributed by atoms with Crippen LogP contribution in [0, 0.1) is 0 Å². The van der Waals surface area contributed by atoms with Crippen LogP contribution in [-0.4, -0.2) is 31.6 Å². The molecule has 1 rings (SSSR count). The van der Waals surface area contributed by atoms with Crippen molar-refractivity contribution in [3.63, 3.8) is 0 Å². The summed E-state index contributed by atoms with van der Waals surface area (Å²) in [5.41, 5.74) is 1.82. The first-order valence-electron chi connectivity index (χ1n) is 6.04. The molecule has 1 aromatic carbocycles. The predicted molar refractivity (Wildman–Crippen MR) is 69.0 cm³/mol. The molecule has 1 aromatic rings. The molecule has 0 spiro atoms. The van der Waals surface area contributed by atoms with Gasteiger partial charge in [0.05, 0.1) is 12.2 Å². The minimum absolute atomic E-state index is 0.227. The molecular formula is C14H21NO2. The molecule has 3 heteroatoms. The molecule has 0 radical (unpaired) electrons. The predicted octanol–water partition coefficient (Wildman–Crippen LogP) is 2.71. The summed E-state index contributed by atoms with van der Waals surface area (Å²) in [5.74, 6) is -0.227. The molecule has 0 N–H and O–H groups in total. The molecule has 0 fully saturated rings. The highest BCUT2D eigenvalue weighted by molar-refractivity contribution is 5.89. The number of ether oxygens (including phenoxy) is 1. The summed E-state index contributed by atoms with van der Waals surface area (Å²) in [5, 5.41) is 0. The third-order valence-corrected chi connectivity index (χ3v) is 2.42. The first-order valence-corrected chi connectivity index (χ1v) is 6.04. The highest BCUT2D eigenvalue weighted by Crippen LogP contribution is 2.07. The van der Waals surface area contributed by atoms with E-state index in [0.717, 1.165) is 19.4 Å². The average molecular weight is 235 g/mol. The average Bonchev–Trinajstić information content (AvgIpc) is 2.29. The molecule has 0 unspecified atom stereocenters. The Morgan fingerprint density at radius 2 is 1.88 bits per heavy atom. The molecule has 0 aromatic heterocycles. The quantitative estimate of drug-likeness (QED) is 0.561. The van der Waals surface area contributed by atoms with E-state index in [1.165, 1.54) is 5.56 Å². The minimum Gasteiger partial charge on any atom is -0.462 e. The van der Waals surface area contributed by atoms with Crippen LogP contribution in [-0.2, 0) is 11.3 Å². The summed E-state index contributed by atoms with van der Waals surface area (Å²) in [6.45, 7) is 3.46. The Balaban J connectivity index is 2.52. The molecule has 0 aliphatic heterocycles. The van der Waals surface area contributed by atoms with E-state index in [2.05, 4.69) is 11.8 Å². The zero-order valence-electron chi connectivity index (χ0n) is 10.9. The van der Waals surface area contributed by atoms with Crippen molar-refractivity contribution in [3.8, 4) is 0 Å². The van der Waals surface area contributed by atoms with Gasteiger partial charge < -0.3 is 9.64 Å². The van der Waals surface area contributed by atoms with E-state index in [-0.39, 0.29) is 5.97 Å². The van der Waals surface area contributed by atoms with Gasteiger partial charge in [-0.3, -0.25) is 0 Å². The summed E-state index contributed by atoms with van der Waals surface area (Å²) in [4.78, 5) is 13.7. The van der Waals surface area contributed by atoms with Crippen LogP contribution in [0.5, 0.6) is 0 Å². The van der Waals surface area contributed by atoms with Crippen molar-refractivity contribution in [1.82, 2.24) is 4.90 Å². The van der Waals surface area contributed by atoms with E-state index in [0.29, 0.717) is 12.2 Å². The van der Waals surface area contributed by atoms with E-state index in [1.807, 2.05) is 38.4 Å². The SMILES string of the molecule is CCCCOC(=O)c1ccc(CN(C)C)cc1. The summed E-state index contributed by atoms with van der Waals surface area (Å²) in [7, 11) is 4.04. The lowest BCUT2D eigenvalue weighted by atomic mass is 10.1. The van der Waals surface area contributed by atoms with Crippen molar-refractivity contribution in [2.24, 2.45) is 0 Å². The van der Waals surface area contributed by atoms with Crippen LogP contribution in [0.15, 0.2) is 24.3 Å². The molecule has 0 amide bonds. The van der Waals surface area contributed by atoms with Crippen LogP contribution < -0.4 is 0 Å². The molecule has 0 atom stereocenters. The van der Waals surface area contributed by atoms with Gasteiger partial charge in [0.1, 0.15) is 0 Å². The Hall–Kier alpha value is -1.35. The maximum atomic E-state index is 11.6. The van der Waals surface area contributed by atoms with E-state index in [9.17, 15) is 4.79 Å². The van der Waals surface area contributed by atoms with Crippen molar-refractivity contribution < 1.29 is 9.53 Å². The Bertz CT molecular complexity index is 344. The van der Waals surface area contributed by atoms with Crippen molar-refractivity contribution >= 4 is 5.97 Å². The number of hydrogen-bond acceptors (Lipinski definition) is 3. The third-order valence-electron chi connectivity index (χ3n) is 2.42. The Morgan fingerprint density at radius 1 is 1.24 bits per heavy atom. The lowest BCUT2D eigenvalue weighted by Crippen LogP contribution is -2.11. The van der Waals surface area contributed by atoms with Crippen molar-refractivity contribution in [2.45, 2.75) is 26.3 Å². The van der Waals surface area contributed by atoms with E-state index in [1.54, 1.807) is 0 Å². The third kappa shape index (κ3) is 5.00. The second-order valence-corrected chi connectivity index (χ2v) is 4.42. The number of rotatable bonds is 6. The largest absolute Gasteiger partial charge is 0.462 e. The van der Waals surface area contributed by atoms with Gasteiger partial charge in [-0.05, 0) is 38.2 Å². The van der Waals surface area contributed by atoms with Gasteiger partial charge in [-0.25, -0.2) is 4.79 Å². The van der Waals surface area contributed by atoms with Gasteiger partial charge in [0, 0.05) is 6.54 Å². The number of hydrogen-bond donors (Lipinski definition) is 0. The Morgan fingerprint density at radius 3 is 2.41 bits per heavy atom. The molecule has 0 heterocycles. The van der Waals surface area contributed by atoms with Gasteiger partial charge >= 0.3 is 5.97 Å². The first-order chi connectivity index (χ1) is 8.13. The smallest absolute Gasteiger partial charge is 0.338 e. The monoisotopic (exact) mass is 235 g/mol. The Kier molecular flexibility index (Phi) is 5.70. The number of carbonyl (C=O) groups excluding carboxylic acids is 1. The fourth-order valence-corrected chi connectivity index (χ4v) is 1.50. The van der Waals surface area contributed by atoms with Crippen molar-refractivity contribution in [1.29, 1.82) is 0 Å². The molecule has 0 saturated carbocycles. The normalized spacial score (nSPS) is 10.6. The van der Waals surface area contributed by atoms with Crippen molar-refractivity contribution in [3.05, 3.63) is 35.4 Å². The zero-order valence-corrected chi connectivity index (χ0v) is 10.9. The standard InChI is InChI=1S/C14H21NO2/c1-4-5-10-17-14(16)13-8-6-12(7-9-13)11-15(2)3/h6-9H,4-5,10-11H2,1-3H3. The highest BCUT2D eigenvalue weighted by Gasteiger charge is 2.06. The first kappa shape index (κ1) is 13.7. The van der Waals surface area contributed by atoms with E-state index < -0.39 is 0 Å². The van der Waals surface area contributed by atoms with Gasteiger partial charge in [0.2, 0.25) is 0 Å². The molecule has 0 bridgehead atoms. The van der Waals surface area contributed by atoms with Gasteiger partial charge in [0.25, 0.3) is 0 Å². The minimum atomic E-state index is -0.227. The van der Waals surface area contributed by atoms with Gasteiger partial charge in [0.15, 0.2) is 0 Å². The number of carbonyl (C=O) groups is 1. The van der Waals surface area contributed by atoms with Crippen LogP contribution in [0.3, 0.4) is 0 Å². The highest BCUT2D eigenvalue weighted by atomic mass is 16.5. The number of esters is 1. The molecule has 0 saturated heterocycles. The van der Waals surface area contributed by atoms with Gasteiger partial charge in [-0.2, -0.15) is 0 Å². The van der Waals surface area contributed by atoms with Crippen LogP contribution in [0.4, 0.5) is 0 Å². The van der Waals surface area contributed by atoms with Gasteiger partial charge in [-0.15, -0.1) is 0 Å². The fraction of sp³-hybridized carbons (Fsp3) is 0.500. The number of nitrogens with zero attached hydrogens (tertiary/aromatic N) is 1. The molecule has 94 valence electrons. The fourth-order valence-electron chi connectivity index (χ4n) is 1.50. The maximum Gasteiger partial charge on any atom is 0.338 e. The summed E-state index contributed by atoms with van der Waals surface area (Å²) in [6, 6.07) is 7.59. The van der Waals surface area contributed by atoms with E-state index in [4.69, 9.17) is 4.74 Å². The molecule has 3 nitrogen and oxygen atoms in total. The number of benzene rings is 1. The van der Waals surface area contributed by atoms with Crippen LogP contribution >= 0.6 is 0 Å². The zero-order chi connectivity index (χ0) is 12.7. The lowest BCUT2D eigenvalue weighted by Gasteiger charge is -2.10. The molecule has 17 heavy (non-hydrogen) atoms. The van der Waals surface area contributed by atoms with Gasteiger partial charge in [-0.1, -0.05) is 25.5 Å². The van der Waals surface area contributed by atoms with E-state index >= 15 is 0 Å². The maximum absolute atomic E-state index is 11.6. The summed E-state index contributed by atoms with van der Waals surface area (Å²) in [6.07, 6.45) is 1.96. The molecule has 0 aliphatic carbocycles. The topological polar surface area (TPSA) is 29.5 Å². The second-order valence-electron chi connectivity index (χ2n) is 4.42. The number of unbranched alkanes of at least 4 members (excludes halogenated alkanes) is 1. The molecule has 0 aliphatic rings. The van der Waals surface area contributed by atoms with Crippen LogP contribution in [0.1, 0.15) is 35.7 Å². The summed E-state index contributed by atoms with van der Waals surface area (Å²) >= 11 is 0. The van der Waals surface area contributed by atoms with Crippen LogP contribution in [0.25, 0.3) is 0 Å². The molecular weight excluding hydrogens is 214 g/mol. The second kappa shape index (κ2) is 7.07. The lowest BCUT2D eigenvalue weighted by molar-refractivity contribution is 0.0500. The van der Waals surface area contributed by atoms with Crippen LogP contribution in [0.2, 0.25) is 0 Å². The Labute approximate surface area is 103 Å².